The topological polar surface area (TPSA) is 75.0 Å². The van der Waals surface area contributed by atoms with Crippen LogP contribution in [0.3, 0.4) is 0 Å². The van der Waals surface area contributed by atoms with Gasteiger partial charge in [-0.05, 0) is 73.7 Å². The van der Waals surface area contributed by atoms with Crippen LogP contribution in [0.15, 0.2) is 65.3 Å². The number of ether oxygens (including phenoxy) is 1. The van der Waals surface area contributed by atoms with E-state index in [0.717, 1.165) is 61.2 Å². The third-order valence-corrected chi connectivity index (χ3v) is 7.37. The van der Waals surface area contributed by atoms with Crippen molar-refractivity contribution >= 4 is 23.2 Å². The van der Waals surface area contributed by atoms with Crippen molar-refractivity contribution in [2.45, 2.75) is 51.6 Å². The van der Waals surface area contributed by atoms with Crippen LogP contribution in [0.1, 0.15) is 59.0 Å². The fraction of sp³-hybridized carbons (Fsp3) is 0.400. The third kappa shape index (κ3) is 5.57. The molecule has 1 atom stereocenters. The van der Waals surface area contributed by atoms with Gasteiger partial charge in [0.25, 0.3) is 5.91 Å². The number of nitrogens with one attached hydrogen (secondary N) is 1. The minimum absolute atomic E-state index is 0.127. The Bertz CT molecular complexity index is 1210. The Morgan fingerprint density at radius 2 is 1.73 bits per heavy atom. The van der Waals surface area contributed by atoms with Gasteiger partial charge in [0.1, 0.15) is 6.04 Å². The van der Waals surface area contributed by atoms with E-state index < -0.39 is 6.04 Å². The van der Waals surface area contributed by atoms with Gasteiger partial charge in [-0.1, -0.05) is 37.1 Å². The summed E-state index contributed by atoms with van der Waals surface area (Å²) >= 11 is 0. The van der Waals surface area contributed by atoms with E-state index in [2.05, 4.69) is 10.2 Å². The van der Waals surface area contributed by atoms with Gasteiger partial charge in [0.05, 0.1) is 19.5 Å². The molecule has 1 aromatic heterocycles. The standard InChI is InChI=1S/C30H35N3O4/c1-21-9-10-22(2)26(20-21)33(30(35)27-8-5-17-37-27)28(29(34)31-24-6-3-4-7-24)23-11-13-25(14-12-23)32-15-18-36-19-16-32/h5,8-14,17,20,24,28H,3-4,6-7,15-16,18-19H2,1-2H3,(H,31,34). The minimum atomic E-state index is -0.850. The van der Waals surface area contributed by atoms with Crippen molar-refractivity contribution in [3.8, 4) is 0 Å². The Morgan fingerprint density at radius 3 is 2.41 bits per heavy atom. The predicted molar refractivity (Wildman–Crippen MR) is 144 cm³/mol. The van der Waals surface area contributed by atoms with Gasteiger partial charge < -0.3 is 19.4 Å². The Morgan fingerprint density at radius 1 is 1.00 bits per heavy atom. The van der Waals surface area contributed by atoms with Gasteiger partial charge in [0.2, 0.25) is 5.91 Å². The second-order valence-electron chi connectivity index (χ2n) is 10.0. The largest absolute Gasteiger partial charge is 0.459 e. The van der Waals surface area contributed by atoms with Crippen LogP contribution >= 0.6 is 0 Å². The van der Waals surface area contributed by atoms with E-state index in [4.69, 9.17) is 9.15 Å². The summed E-state index contributed by atoms with van der Waals surface area (Å²) in [5.41, 5.74) is 4.46. The van der Waals surface area contributed by atoms with E-state index in [1.165, 1.54) is 6.26 Å². The zero-order valence-corrected chi connectivity index (χ0v) is 21.6. The lowest BCUT2D eigenvalue weighted by Crippen LogP contribution is -2.46. The zero-order valence-electron chi connectivity index (χ0n) is 21.6. The zero-order chi connectivity index (χ0) is 25.8. The van der Waals surface area contributed by atoms with Gasteiger partial charge >= 0.3 is 0 Å². The van der Waals surface area contributed by atoms with Gasteiger partial charge in [0.15, 0.2) is 5.76 Å². The summed E-state index contributed by atoms with van der Waals surface area (Å²) in [6, 6.07) is 16.6. The van der Waals surface area contributed by atoms with Crippen LogP contribution in [-0.4, -0.2) is 44.2 Å². The van der Waals surface area contributed by atoms with Gasteiger partial charge in [-0.15, -0.1) is 0 Å². The SMILES string of the molecule is Cc1ccc(C)c(N(C(=O)c2ccco2)C(C(=O)NC2CCCC2)c2ccc(N3CCOCC3)cc2)c1. The number of furan rings is 1. The normalized spacial score (nSPS) is 17.0. The lowest BCUT2D eigenvalue weighted by Gasteiger charge is -2.33. The van der Waals surface area contributed by atoms with Crippen LogP contribution in [0.4, 0.5) is 11.4 Å². The van der Waals surface area contributed by atoms with E-state index in [0.29, 0.717) is 18.9 Å². The molecule has 1 aliphatic heterocycles. The monoisotopic (exact) mass is 501 g/mol. The van der Waals surface area contributed by atoms with Crippen molar-refractivity contribution in [1.82, 2.24) is 5.32 Å². The molecule has 2 heterocycles. The number of benzene rings is 2. The summed E-state index contributed by atoms with van der Waals surface area (Å²) < 4.78 is 11.0. The summed E-state index contributed by atoms with van der Waals surface area (Å²) in [7, 11) is 0. The maximum Gasteiger partial charge on any atom is 0.294 e. The second kappa shape index (κ2) is 11.2. The Kier molecular flexibility index (Phi) is 7.60. The second-order valence-corrected chi connectivity index (χ2v) is 10.0. The molecule has 2 aromatic carbocycles. The summed E-state index contributed by atoms with van der Waals surface area (Å²) in [6.45, 7) is 7.01. The van der Waals surface area contributed by atoms with Crippen molar-refractivity contribution in [2.75, 3.05) is 36.1 Å². The molecule has 1 unspecified atom stereocenters. The average Bonchev–Trinajstić information content (AvgIpc) is 3.64. The van der Waals surface area contributed by atoms with Crippen molar-refractivity contribution in [3.05, 3.63) is 83.3 Å². The number of aryl methyl sites for hydroxylation is 2. The molecule has 2 aliphatic rings. The quantitative estimate of drug-likeness (QED) is 0.483. The maximum absolute atomic E-state index is 14.0. The van der Waals surface area contributed by atoms with E-state index in [-0.39, 0.29) is 23.6 Å². The first-order valence-electron chi connectivity index (χ1n) is 13.2. The number of amides is 2. The molecule has 1 saturated carbocycles. The van der Waals surface area contributed by atoms with Gasteiger partial charge in [0, 0.05) is 30.5 Å². The number of carbonyl (C=O) groups is 2. The highest BCUT2D eigenvalue weighted by atomic mass is 16.5. The van der Waals surface area contributed by atoms with Crippen LogP contribution < -0.4 is 15.1 Å². The number of hydrogen-bond acceptors (Lipinski definition) is 5. The van der Waals surface area contributed by atoms with Crippen LogP contribution in [0.5, 0.6) is 0 Å². The summed E-state index contributed by atoms with van der Waals surface area (Å²) in [5, 5.41) is 3.25. The van der Waals surface area contributed by atoms with Crippen molar-refractivity contribution in [2.24, 2.45) is 0 Å². The highest BCUT2D eigenvalue weighted by Gasteiger charge is 2.36. The molecule has 7 nitrogen and oxygen atoms in total. The average molecular weight is 502 g/mol. The van der Waals surface area contributed by atoms with E-state index in [9.17, 15) is 9.59 Å². The molecule has 2 amide bonds. The highest BCUT2D eigenvalue weighted by Crippen LogP contribution is 2.34. The molecule has 1 saturated heterocycles. The first kappa shape index (κ1) is 25.1. The molecule has 1 aliphatic carbocycles. The smallest absolute Gasteiger partial charge is 0.294 e. The fourth-order valence-electron chi connectivity index (χ4n) is 5.32. The number of morpholine rings is 1. The lowest BCUT2D eigenvalue weighted by atomic mass is 9.99. The number of nitrogens with zero attached hydrogens (tertiary/aromatic N) is 2. The van der Waals surface area contributed by atoms with Crippen LogP contribution in [0, 0.1) is 13.8 Å². The molecule has 5 rings (SSSR count). The molecule has 1 N–H and O–H groups in total. The van der Waals surface area contributed by atoms with E-state index in [1.54, 1.807) is 17.0 Å². The number of rotatable bonds is 7. The third-order valence-electron chi connectivity index (χ3n) is 7.37. The number of carbonyl (C=O) groups excluding carboxylic acids is 2. The fourth-order valence-corrected chi connectivity index (χ4v) is 5.32. The summed E-state index contributed by atoms with van der Waals surface area (Å²) in [5.74, 6) is -0.320. The minimum Gasteiger partial charge on any atom is -0.459 e. The molecule has 7 heteroatoms. The molecule has 3 aromatic rings. The van der Waals surface area contributed by atoms with Crippen LogP contribution in [0.25, 0.3) is 0 Å². The van der Waals surface area contributed by atoms with Gasteiger partial charge in [-0.3, -0.25) is 14.5 Å². The molecule has 0 bridgehead atoms. The molecule has 194 valence electrons. The lowest BCUT2D eigenvalue weighted by molar-refractivity contribution is -0.123. The summed E-state index contributed by atoms with van der Waals surface area (Å²) in [4.78, 5) is 31.9. The van der Waals surface area contributed by atoms with Crippen LogP contribution in [-0.2, 0) is 9.53 Å². The Labute approximate surface area is 218 Å². The number of anilines is 2. The maximum atomic E-state index is 14.0. The predicted octanol–water partition coefficient (Wildman–Crippen LogP) is 5.18. The van der Waals surface area contributed by atoms with Crippen molar-refractivity contribution in [1.29, 1.82) is 0 Å². The van der Waals surface area contributed by atoms with E-state index >= 15 is 0 Å². The van der Waals surface area contributed by atoms with E-state index in [1.807, 2.05) is 56.3 Å². The van der Waals surface area contributed by atoms with Crippen molar-refractivity contribution in [3.63, 3.8) is 0 Å². The molecule has 37 heavy (non-hydrogen) atoms. The summed E-state index contributed by atoms with van der Waals surface area (Å²) in [6.07, 6.45) is 5.62. The van der Waals surface area contributed by atoms with Crippen LogP contribution in [0.2, 0.25) is 0 Å². The van der Waals surface area contributed by atoms with Gasteiger partial charge in [-0.2, -0.15) is 0 Å². The first-order chi connectivity index (χ1) is 18.0. The Balaban J connectivity index is 1.58. The van der Waals surface area contributed by atoms with Crippen molar-refractivity contribution < 1.29 is 18.7 Å². The molecular formula is C30H35N3O4. The molecule has 0 radical (unpaired) electrons. The molecule has 2 fully saturated rings. The van der Waals surface area contributed by atoms with Gasteiger partial charge in [-0.25, -0.2) is 0 Å². The molecular weight excluding hydrogens is 466 g/mol. The molecule has 0 spiro atoms. The number of hydrogen-bond donors (Lipinski definition) is 1. The first-order valence-corrected chi connectivity index (χ1v) is 13.2. The highest BCUT2D eigenvalue weighted by molar-refractivity contribution is 6.09. The Hall–Kier alpha value is -3.58.